The third-order valence-corrected chi connectivity index (χ3v) is 1.66. The van der Waals surface area contributed by atoms with Crippen molar-refractivity contribution in [2.75, 3.05) is 5.88 Å². The normalized spacial score (nSPS) is 9.91. The zero-order valence-electron chi connectivity index (χ0n) is 5.77. The van der Waals surface area contributed by atoms with Crippen molar-refractivity contribution in [3.05, 3.63) is 15.9 Å². The Kier molecular flexibility index (Phi) is 2.42. The number of nitrogens with one attached hydrogen (secondary N) is 1. The van der Waals surface area contributed by atoms with Crippen LogP contribution in [0.3, 0.4) is 0 Å². The van der Waals surface area contributed by atoms with Gasteiger partial charge in [-0.15, -0.1) is 5.10 Å². The molecule has 11 heavy (non-hydrogen) atoms. The van der Waals surface area contributed by atoms with Crippen LogP contribution in [0.5, 0.6) is 0 Å². The van der Waals surface area contributed by atoms with Gasteiger partial charge in [-0.2, -0.15) is 0 Å². The summed E-state index contributed by atoms with van der Waals surface area (Å²) in [6.45, 7) is 1.74. The smallest absolute Gasteiger partial charge is 0.256 e. The van der Waals surface area contributed by atoms with E-state index in [0.717, 1.165) is 11.8 Å². The minimum Gasteiger partial charge on any atom is -0.264 e. The van der Waals surface area contributed by atoms with Crippen LogP contribution < -0.4 is 0 Å². The van der Waals surface area contributed by atoms with Crippen molar-refractivity contribution in [1.82, 2.24) is 15.2 Å². The molecular formula is C4H6N4O2S. The first kappa shape index (κ1) is 7.99. The van der Waals surface area contributed by atoms with Gasteiger partial charge in [0.2, 0.25) is 5.16 Å². The Balaban J connectivity index is 2.45. The molecule has 6 nitrogen and oxygen atoms in total. The average Bonchev–Trinajstić information content (AvgIpc) is 2.31. The molecule has 0 aliphatic carbocycles. The number of rotatable bonds is 3. The quantitative estimate of drug-likeness (QED) is 0.311. The molecule has 0 radical (unpaired) electrons. The maximum atomic E-state index is 9.90. The minimum atomic E-state index is -0.420. The molecule has 60 valence electrons. The topological polar surface area (TPSA) is 84.7 Å². The molecular weight excluding hydrogens is 168 g/mol. The molecule has 1 heterocycles. The van der Waals surface area contributed by atoms with Crippen LogP contribution in [0.1, 0.15) is 5.82 Å². The van der Waals surface area contributed by atoms with Gasteiger partial charge in [0.15, 0.2) is 0 Å². The number of nitrogens with zero attached hydrogens (tertiary/aromatic N) is 3. The molecule has 0 amide bonds. The van der Waals surface area contributed by atoms with Gasteiger partial charge in [0.05, 0.1) is 0 Å². The molecule has 1 aromatic rings. The molecule has 0 fully saturated rings. The first-order valence-corrected chi connectivity index (χ1v) is 3.80. The number of thioether (sulfide) groups is 1. The van der Waals surface area contributed by atoms with Gasteiger partial charge in [-0.05, 0) is 18.7 Å². The molecule has 0 aliphatic rings. The highest BCUT2D eigenvalue weighted by molar-refractivity contribution is 7.98. The van der Waals surface area contributed by atoms with E-state index >= 15 is 0 Å². The fourth-order valence-corrected chi connectivity index (χ4v) is 1.03. The Morgan fingerprint density at radius 1 is 1.82 bits per heavy atom. The van der Waals surface area contributed by atoms with Crippen molar-refractivity contribution in [1.29, 1.82) is 0 Å². The SMILES string of the molecule is Cc1nc(SC[N+](=O)[O-])n[nH]1. The van der Waals surface area contributed by atoms with E-state index in [2.05, 4.69) is 15.2 Å². The van der Waals surface area contributed by atoms with E-state index < -0.39 is 4.92 Å². The molecule has 1 aromatic heterocycles. The van der Waals surface area contributed by atoms with Crippen LogP contribution >= 0.6 is 11.8 Å². The first-order chi connectivity index (χ1) is 5.18. The summed E-state index contributed by atoms with van der Waals surface area (Å²) >= 11 is 0.997. The molecule has 0 aliphatic heterocycles. The summed E-state index contributed by atoms with van der Waals surface area (Å²) in [5, 5.41) is 16.6. The number of hydrogen-bond acceptors (Lipinski definition) is 5. The second-order valence-electron chi connectivity index (χ2n) is 1.81. The second-order valence-corrected chi connectivity index (χ2v) is 2.72. The summed E-state index contributed by atoms with van der Waals surface area (Å²) < 4.78 is 0. The van der Waals surface area contributed by atoms with Crippen LogP contribution in [0, 0.1) is 17.0 Å². The van der Waals surface area contributed by atoms with Crippen LogP contribution in [0.2, 0.25) is 0 Å². The fraction of sp³-hybridized carbons (Fsp3) is 0.500. The van der Waals surface area contributed by atoms with Gasteiger partial charge in [-0.25, -0.2) is 4.98 Å². The Labute approximate surface area is 66.6 Å². The second kappa shape index (κ2) is 3.33. The molecule has 7 heteroatoms. The Morgan fingerprint density at radius 2 is 2.55 bits per heavy atom. The van der Waals surface area contributed by atoms with E-state index in [1.807, 2.05) is 0 Å². The lowest BCUT2D eigenvalue weighted by Crippen LogP contribution is -1.95. The van der Waals surface area contributed by atoms with Gasteiger partial charge in [-0.1, -0.05) is 0 Å². The Hall–Kier alpha value is -1.11. The van der Waals surface area contributed by atoms with Crippen LogP contribution in [-0.4, -0.2) is 26.0 Å². The van der Waals surface area contributed by atoms with Crippen LogP contribution in [0.4, 0.5) is 0 Å². The number of nitro groups is 1. The molecule has 0 bridgehead atoms. The third-order valence-electron chi connectivity index (χ3n) is 0.876. The van der Waals surface area contributed by atoms with Crippen molar-refractivity contribution in [3.63, 3.8) is 0 Å². The van der Waals surface area contributed by atoms with Crippen LogP contribution in [0.15, 0.2) is 5.16 Å². The molecule has 1 rings (SSSR count). The highest BCUT2D eigenvalue weighted by Gasteiger charge is 2.04. The van der Waals surface area contributed by atoms with Gasteiger partial charge in [0.1, 0.15) is 5.82 Å². The van der Waals surface area contributed by atoms with Gasteiger partial charge in [0.25, 0.3) is 5.88 Å². The molecule has 0 unspecified atom stereocenters. The van der Waals surface area contributed by atoms with Gasteiger partial charge in [-0.3, -0.25) is 15.2 Å². The number of aromatic nitrogens is 3. The summed E-state index contributed by atoms with van der Waals surface area (Å²) in [5.41, 5.74) is 0. The van der Waals surface area contributed by atoms with Crippen molar-refractivity contribution < 1.29 is 4.92 Å². The lowest BCUT2D eigenvalue weighted by atomic mass is 10.8. The number of H-pyrrole nitrogens is 1. The maximum absolute atomic E-state index is 9.90. The predicted octanol–water partition coefficient (Wildman–Crippen LogP) is 0.439. The average molecular weight is 174 g/mol. The van der Waals surface area contributed by atoms with Gasteiger partial charge in [0, 0.05) is 4.92 Å². The summed E-state index contributed by atoms with van der Waals surface area (Å²) in [7, 11) is 0. The van der Waals surface area contributed by atoms with E-state index in [-0.39, 0.29) is 5.88 Å². The molecule has 0 aromatic carbocycles. The molecule has 0 saturated heterocycles. The highest BCUT2D eigenvalue weighted by Crippen LogP contribution is 2.10. The summed E-state index contributed by atoms with van der Waals surface area (Å²) in [4.78, 5) is 13.4. The summed E-state index contributed by atoms with van der Waals surface area (Å²) in [6, 6.07) is 0. The van der Waals surface area contributed by atoms with E-state index in [4.69, 9.17) is 0 Å². The highest BCUT2D eigenvalue weighted by atomic mass is 32.2. The third kappa shape index (κ3) is 2.54. The molecule has 1 N–H and O–H groups in total. The van der Waals surface area contributed by atoms with Crippen LogP contribution in [-0.2, 0) is 0 Å². The standard InChI is InChI=1S/C4H6N4O2S/c1-3-5-4(7-6-3)11-2-8(9)10/h2H2,1H3,(H,5,6,7). The fourth-order valence-electron chi connectivity index (χ4n) is 0.497. The zero-order valence-corrected chi connectivity index (χ0v) is 6.59. The molecule has 0 saturated carbocycles. The van der Waals surface area contributed by atoms with Crippen molar-refractivity contribution >= 4 is 11.8 Å². The Morgan fingerprint density at radius 3 is 3.00 bits per heavy atom. The van der Waals surface area contributed by atoms with Crippen molar-refractivity contribution in [2.24, 2.45) is 0 Å². The summed E-state index contributed by atoms with van der Waals surface area (Å²) in [5.74, 6) is 0.466. The molecule has 0 atom stereocenters. The van der Waals surface area contributed by atoms with Crippen molar-refractivity contribution in [3.8, 4) is 0 Å². The lowest BCUT2D eigenvalue weighted by Gasteiger charge is -1.86. The number of aromatic amines is 1. The number of hydrogen-bond donors (Lipinski definition) is 1. The predicted molar refractivity (Wildman–Crippen MR) is 38.8 cm³/mol. The first-order valence-electron chi connectivity index (χ1n) is 2.82. The minimum absolute atomic E-state index is 0.197. The number of aryl methyl sites for hydroxylation is 1. The van der Waals surface area contributed by atoms with Gasteiger partial charge >= 0.3 is 0 Å². The van der Waals surface area contributed by atoms with E-state index in [1.165, 1.54) is 0 Å². The van der Waals surface area contributed by atoms with E-state index in [0.29, 0.717) is 11.0 Å². The van der Waals surface area contributed by atoms with Crippen molar-refractivity contribution in [2.45, 2.75) is 12.1 Å². The zero-order chi connectivity index (χ0) is 8.27. The Bertz CT molecular complexity index is 260. The molecule has 0 spiro atoms. The summed E-state index contributed by atoms with van der Waals surface area (Å²) in [6.07, 6.45) is 0. The monoisotopic (exact) mass is 174 g/mol. The van der Waals surface area contributed by atoms with Crippen LogP contribution in [0.25, 0.3) is 0 Å². The maximum Gasteiger partial charge on any atom is 0.256 e. The van der Waals surface area contributed by atoms with E-state index in [1.54, 1.807) is 6.92 Å². The largest absolute Gasteiger partial charge is 0.264 e. The van der Waals surface area contributed by atoms with E-state index in [9.17, 15) is 10.1 Å². The lowest BCUT2D eigenvalue weighted by molar-refractivity contribution is -0.456. The van der Waals surface area contributed by atoms with Gasteiger partial charge < -0.3 is 0 Å².